The Morgan fingerprint density at radius 1 is 1.57 bits per heavy atom. The van der Waals surface area contributed by atoms with E-state index < -0.39 is 8.32 Å². The van der Waals surface area contributed by atoms with E-state index in [1.807, 2.05) is 0 Å². The predicted molar refractivity (Wildman–Crippen MR) is 34.8 cm³/mol. The summed E-state index contributed by atoms with van der Waals surface area (Å²) >= 11 is 2.33. The van der Waals surface area contributed by atoms with E-state index in [0.29, 0.717) is 0 Å². The van der Waals surface area contributed by atoms with Crippen molar-refractivity contribution in [3.8, 4) is 0 Å². The highest BCUT2D eigenvalue weighted by Gasteiger charge is 2.13. The van der Waals surface area contributed by atoms with E-state index in [9.17, 15) is 0 Å². The smallest absolute Gasteiger partial charge is 0.354 e. The van der Waals surface area contributed by atoms with Crippen LogP contribution in [0.15, 0.2) is 0 Å². The van der Waals surface area contributed by atoms with Crippen LogP contribution < -0.4 is 0 Å². The van der Waals surface area contributed by atoms with Crippen LogP contribution in [-0.2, 0) is 3.48 Å². The maximum atomic E-state index is 5.14. The predicted octanol–water partition coefficient (Wildman–Crippen LogP) is 1.31. The molecule has 40 valence electrons. The second-order valence-corrected chi connectivity index (χ2v) is 7.40. The van der Waals surface area contributed by atoms with Crippen molar-refractivity contribution in [2.45, 2.75) is 26.1 Å². The molecule has 0 saturated carbocycles. The summed E-state index contributed by atoms with van der Waals surface area (Å²) in [6.45, 7) is 6.55. The lowest BCUT2D eigenvalue weighted by atomic mass is 11.0. The second kappa shape index (κ2) is 2.88. The van der Waals surface area contributed by atoms with Crippen LogP contribution in [0.4, 0.5) is 0 Å². The molecule has 0 spiro atoms. The van der Waals surface area contributed by atoms with Gasteiger partial charge in [0.2, 0.25) is 0 Å². The van der Waals surface area contributed by atoms with Crippen molar-refractivity contribution < 1.29 is 3.48 Å². The summed E-state index contributed by atoms with van der Waals surface area (Å²) in [7, 11) is -1.19. The molecule has 0 unspecified atom stereocenters. The lowest BCUT2D eigenvalue weighted by Gasteiger charge is -2.19. The van der Waals surface area contributed by atoms with Gasteiger partial charge in [-0.15, -0.1) is 0 Å². The molecule has 2 radical (unpaired) electrons. The minimum Gasteiger partial charge on any atom is -0.558 e. The first-order valence-corrected chi connectivity index (χ1v) is 6.09. The molecule has 0 heterocycles. The highest BCUT2D eigenvalue weighted by atomic mass is 28.4. The molecule has 0 aliphatic carbocycles. The monoisotopic (exact) mass is 130 g/mol. The third-order valence-electron chi connectivity index (χ3n) is 1.17. The molecule has 0 rings (SSSR count). The molecule has 7 heavy (non-hydrogen) atoms. The largest absolute Gasteiger partial charge is 0.558 e. The summed E-state index contributed by atoms with van der Waals surface area (Å²) in [6.07, 6.45) is 0. The lowest BCUT2D eigenvalue weighted by molar-refractivity contribution is 0.609. The van der Waals surface area contributed by atoms with Gasteiger partial charge in [0.1, 0.15) is 0 Å². The summed E-state index contributed by atoms with van der Waals surface area (Å²) in [4.78, 5) is 0. The first-order valence-electron chi connectivity index (χ1n) is 2.50. The summed E-state index contributed by atoms with van der Waals surface area (Å²) in [5, 5.41) is 0. The van der Waals surface area contributed by atoms with Crippen LogP contribution in [0.1, 0.15) is 6.92 Å². The van der Waals surface area contributed by atoms with Crippen LogP contribution in [-0.4, -0.2) is 24.9 Å². The zero-order valence-electron chi connectivity index (χ0n) is 5.19. The molecule has 0 fully saturated rings. The zero-order valence-corrected chi connectivity index (χ0v) is 7.35. The number of hydrogen-bond donors (Lipinski definition) is 0. The SMILES string of the molecule is CC[Si](C)(C)[O][Al]. The Bertz CT molecular complexity index is 49.7. The molecule has 0 bridgehead atoms. The van der Waals surface area contributed by atoms with Gasteiger partial charge in [-0.2, -0.15) is 0 Å². The molecule has 0 aliphatic rings. The molecule has 1 nitrogen and oxygen atoms in total. The van der Waals surface area contributed by atoms with Gasteiger partial charge >= 0.3 is 16.6 Å². The van der Waals surface area contributed by atoms with E-state index in [1.54, 1.807) is 0 Å². The quantitative estimate of drug-likeness (QED) is 0.512. The standard InChI is InChI=1S/C4H11OSi.Al/c1-4-6(2,3)5;/h4H2,1-3H3;/q-1;+1. The van der Waals surface area contributed by atoms with Crippen LogP contribution in [0.25, 0.3) is 0 Å². The van der Waals surface area contributed by atoms with E-state index in [1.165, 1.54) is 6.04 Å². The Kier molecular flexibility index (Phi) is 3.18. The maximum Gasteiger partial charge on any atom is 0.354 e. The van der Waals surface area contributed by atoms with Gasteiger partial charge in [-0.25, -0.2) is 0 Å². The van der Waals surface area contributed by atoms with Gasteiger partial charge in [-0.05, 0) is 19.1 Å². The third kappa shape index (κ3) is 3.31. The summed E-state index contributed by atoms with van der Waals surface area (Å²) in [5.74, 6) is 0. The van der Waals surface area contributed by atoms with E-state index in [4.69, 9.17) is 3.48 Å². The van der Waals surface area contributed by atoms with Crippen LogP contribution >= 0.6 is 0 Å². The van der Waals surface area contributed by atoms with Crippen molar-refractivity contribution in [2.24, 2.45) is 0 Å². The zero-order chi connectivity index (χ0) is 5.91. The van der Waals surface area contributed by atoms with Crippen molar-refractivity contribution in [1.29, 1.82) is 0 Å². The molecule has 0 saturated heterocycles. The first-order chi connectivity index (χ1) is 3.12. The fourth-order valence-electron chi connectivity index (χ4n) is 0.0833. The van der Waals surface area contributed by atoms with Gasteiger partial charge in [0.25, 0.3) is 0 Å². The van der Waals surface area contributed by atoms with Crippen molar-refractivity contribution >= 4 is 24.9 Å². The average molecular weight is 130 g/mol. The molecule has 3 heteroatoms. The van der Waals surface area contributed by atoms with Crippen molar-refractivity contribution in [3.05, 3.63) is 0 Å². The van der Waals surface area contributed by atoms with Crippen molar-refractivity contribution in [1.82, 2.24) is 0 Å². The van der Waals surface area contributed by atoms with Crippen molar-refractivity contribution in [3.63, 3.8) is 0 Å². The topological polar surface area (TPSA) is 9.23 Å². The molecule has 0 amide bonds. The van der Waals surface area contributed by atoms with Gasteiger partial charge in [0.05, 0.1) is 0 Å². The van der Waals surface area contributed by atoms with Crippen LogP contribution in [0.3, 0.4) is 0 Å². The van der Waals surface area contributed by atoms with E-state index in [0.717, 1.165) is 0 Å². The van der Waals surface area contributed by atoms with E-state index >= 15 is 0 Å². The van der Waals surface area contributed by atoms with Crippen LogP contribution in [0, 0.1) is 0 Å². The number of hydrogen-bond acceptors (Lipinski definition) is 1. The minimum atomic E-state index is -1.19. The third-order valence-corrected chi connectivity index (χ3v) is 5.43. The molecule has 0 atom stereocenters. The molecule has 0 aromatic heterocycles. The van der Waals surface area contributed by atoms with Gasteiger partial charge in [-0.3, -0.25) is 0 Å². The molecule has 0 aromatic carbocycles. The Hall–Kier alpha value is 0.709. The molecule has 0 aromatic rings. The summed E-state index contributed by atoms with van der Waals surface area (Å²) in [5.41, 5.74) is 0. The number of rotatable bonds is 2. The summed E-state index contributed by atoms with van der Waals surface area (Å²) < 4.78 is 5.14. The molecular weight excluding hydrogens is 119 g/mol. The Labute approximate surface area is 55.0 Å². The van der Waals surface area contributed by atoms with Gasteiger partial charge in [0, 0.05) is 0 Å². The van der Waals surface area contributed by atoms with E-state index in [-0.39, 0.29) is 0 Å². The van der Waals surface area contributed by atoms with Crippen molar-refractivity contribution in [2.75, 3.05) is 0 Å². The van der Waals surface area contributed by atoms with Crippen LogP contribution in [0.2, 0.25) is 19.1 Å². The Morgan fingerprint density at radius 3 is 2.00 bits per heavy atom. The molecular formula is C4H11AlOSi. The Balaban J connectivity index is 3.36. The fraction of sp³-hybridized carbons (Fsp3) is 1.00. The van der Waals surface area contributed by atoms with Crippen LogP contribution in [0.5, 0.6) is 0 Å². The second-order valence-electron chi connectivity index (χ2n) is 2.23. The van der Waals surface area contributed by atoms with E-state index in [2.05, 4.69) is 36.6 Å². The minimum absolute atomic E-state index is 1.19. The highest BCUT2D eigenvalue weighted by molar-refractivity contribution is 6.73. The normalized spacial score (nSPS) is 11.9. The fourth-order valence-corrected chi connectivity index (χ4v) is 0.750. The first kappa shape index (κ1) is 7.71. The van der Waals surface area contributed by atoms with Gasteiger partial charge < -0.3 is 3.48 Å². The Morgan fingerprint density at radius 2 is 2.00 bits per heavy atom. The lowest BCUT2D eigenvalue weighted by Crippen LogP contribution is -2.27. The van der Waals surface area contributed by atoms with Gasteiger partial charge in [0.15, 0.2) is 8.32 Å². The highest BCUT2D eigenvalue weighted by Crippen LogP contribution is 2.06. The summed E-state index contributed by atoms with van der Waals surface area (Å²) in [6, 6.07) is 1.19. The average Bonchev–Trinajstić information content (AvgIpc) is 1.68. The molecule has 0 N–H and O–H groups in total. The molecule has 0 aliphatic heterocycles. The maximum absolute atomic E-state index is 5.14. The van der Waals surface area contributed by atoms with Gasteiger partial charge in [-0.1, -0.05) is 6.92 Å².